The van der Waals surface area contributed by atoms with Gasteiger partial charge in [0.25, 0.3) is 0 Å². The third-order valence-electron chi connectivity index (χ3n) is 2.12. The van der Waals surface area contributed by atoms with Gasteiger partial charge in [0.05, 0.1) is 5.60 Å². The van der Waals surface area contributed by atoms with E-state index in [2.05, 4.69) is 28.6 Å². The molecular weight excluding hydrogens is 236 g/mol. The zero-order valence-electron chi connectivity index (χ0n) is 11.4. The van der Waals surface area contributed by atoms with Crippen molar-refractivity contribution in [2.75, 3.05) is 24.7 Å². The maximum absolute atomic E-state index is 9.74. The van der Waals surface area contributed by atoms with Crippen molar-refractivity contribution in [3.8, 4) is 0 Å². The number of aromatic nitrogens is 3. The minimum absolute atomic E-state index is 0.298. The summed E-state index contributed by atoms with van der Waals surface area (Å²) in [5.74, 6) is 1.45. The van der Waals surface area contributed by atoms with Gasteiger partial charge in [-0.05, 0) is 27.7 Å². The van der Waals surface area contributed by atoms with Crippen LogP contribution in [0.3, 0.4) is 0 Å². The van der Waals surface area contributed by atoms with E-state index < -0.39 is 5.60 Å². The zero-order chi connectivity index (χ0) is 13.2. The molecule has 0 fully saturated rings. The largest absolute Gasteiger partial charge is 0.390 e. The molecular formula is C11H22N4OS. The van der Waals surface area contributed by atoms with Crippen LogP contribution in [0.2, 0.25) is 0 Å². The van der Waals surface area contributed by atoms with E-state index in [0.717, 1.165) is 11.1 Å². The van der Waals surface area contributed by atoms with Crippen molar-refractivity contribution >= 4 is 17.7 Å². The highest BCUT2D eigenvalue weighted by Crippen LogP contribution is 2.27. The Morgan fingerprint density at radius 1 is 1.35 bits per heavy atom. The van der Waals surface area contributed by atoms with Crippen LogP contribution < -0.4 is 4.90 Å². The van der Waals surface area contributed by atoms with Crippen LogP contribution in [0.15, 0.2) is 5.16 Å². The van der Waals surface area contributed by atoms with E-state index in [0.29, 0.717) is 11.8 Å². The molecule has 0 amide bonds. The van der Waals surface area contributed by atoms with E-state index in [1.807, 2.05) is 19.0 Å². The van der Waals surface area contributed by atoms with E-state index in [9.17, 15) is 5.11 Å². The Labute approximate surface area is 107 Å². The molecule has 0 aliphatic carbocycles. The van der Waals surface area contributed by atoms with Gasteiger partial charge in [-0.25, -0.2) is 0 Å². The molecule has 1 N–H and O–H groups in total. The third-order valence-corrected chi connectivity index (χ3v) is 3.50. The summed E-state index contributed by atoms with van der Waals surface area (Å²) in [4.78, 5) is 1.95. The third kappa shape index (κ3) is 3.89. The van der Waals surface area contributed by atoms with Crippen LogP contribution in [0.4, 0.5) is 5.95 Å². The van der Waals surface area contributed by atoms with Crippen LogP contribution in [0.25, 0.3) is 0 Å². The van der Waals surface area contributed by atoms with Crippen molar-refractivity contribution in [1.82, 2.24) is 14.8 Å². The summed E-state index contributed by atoms with van der Waals surface area (Å²) in [5, 5.41) is 18.9. The van der Waals surface area contributed by atoms with E-state index in [1.165, 1.54) is 11.8 Å². The monoisotopic (exact) mass is 258 g/mol. The molecule has 0 saturated carbocycles. The smallest absolute Gasteiger partial charge is 0.227 e. The van der Waals surface area contributed by atoms with Gasteiger partial charge < -0.3 is 10.0 Å². The predicted molar refractivity (Wildman–Crippen MR) is 71.8 cm³/mol. The second kappa shape index (κ2) is 5.27. The summed E-state index contributed by atoms with van der Waals surface area (Å²) < 4.78 is 2.08. The van der Waals surface area contributed by atoms with Crippen LogP contribution in [-0.4, -0.2) is 45.3 Å². The average molecular weight is 258 g/mol. The number of hydrogen-bond donors (Lipinski definition) is 1. The van der Waals surface area contributed by atoms with Crippen molar-refractivity contribution in [3.63, 3.8) is 0 Å². The quantitative estimate of drug-likeness (QED) is 0.816. The van der Waals surface area contributed by atoms with Crippen LogP contribution in [0.1, 0.15) is 33.7 Å². The zero-order valence-corrected chi connectivity index (χ0v) is 12.2. The topological polar surface area (TPSA) is 54.2 Å². The van der Waals surface area contributed by atoms with Crippen molar-refractivity contribution in [3.05, 3.63) is 0 Å². The molecule has 0 aromatic carbocycles. The lowest BCUT2D eigenvalue weighted by Crippen LogP contribution is -2.22. The molecule has 0 aliphatic heterocycles. The first-order valence-corrected chi connectivity index (χ1v) is 6.68. The van der Waals surface area contributed by atoms with Gasteiger partial charge >= 0.3 is 0 Å². The molecule has 1 aromatic rings. The first kappa shape index (κ1) is 14.3. The molecule has 0 atom stereocenters. The lowest BCUT2D eigenvalue weighted by molar-refractivity contribution is 0.107. The number of rotatable bonds is 5. The molecule has 17 heavy (non-hydrogen) atoms. The Hall–Kier alpha value is -0.750. The van der Waals surface area contributed by atoms with E-state index in [4.69, 9.17) is 0 Å². The van der Waals surface area contributed by atoms with Crippen LogP contribution in [-0.2, 0) is 0 Å². The molecule has 1 rings (SSSR count). The number of anilines is 1. The van der Waals surface area contributed by atoms with Crippen LogP contribution >= 0.6 is 11.8 Å². The molecule has 98 valence electrons. The summed E-state index contributed by atoms with van der Waals surface area (Å²) >= 11 is 1.53. The molecule has 0 unspecified atom stereocenters. The van der Waals surface area contributed by atoms with E-state index in [-0.39, 0.29) is 0 Å². The highest BCUT2D eigenvalue weighted by molar-refractivity contribution is 7.99. The number of aliphatic hydroxyl groups is 1. The summed E-state index contributed by atoms with van der Waals surface area (Å²) in [5.41, 5.74) is -0.698. The number of nitrogens with zero attached hydrogens (tertiary/aromatic N) is 4. The first-order valence-electron chi connectivity index (χ1n) is 5.70. The molecule has 5 nitrogen and oxygen atoms in total. The molecule has 1 aromatic heterocycles. The second-order valence-corrected chi connectivity index (χ2v) is 6.18. The molecule has 0 saturated heterocycles. The van der Waals surface area contributed by atoms with Gasteiger partial charge in [-0.2, -0.15) is 0 Å². The molecule has 6 heteroatoms. The van der Waals surface area contributed by atoms with Gasteiger partial charge in [-0.15, -0.1) is 10.2 Å². The fraction of sp³-hybridized carbons (Fsp3) is 0.818. The van der Waals surface area contributed by atoms with Gasteiger partial charge in [-0.1, -0.05) is 11.8 Å². The van der Waals surface area contributed by atoms with Gasteiger partial charge in [-0.3, -0.25) is 4.57 Å². The van der Waals surface area contributed by atoms with Crippen molar-refractivity contribution in [2.24, 2.45) is 0 Å². The summed E-state index contributed by atoms with van der Waals surface area (Å²) in [6.07, 6.45) is 0. The van der Waals surface area contributed by atoms with Gasteiger partial charge in [0.1, 0.15) is 0 Å². The van der Waals surface area contributed by atoms with E-state index >= 15 is 0 Å². The lowest BCUT2D eigenvalue weighted by Gasteiger charge is -2.19. The Balaban J connectivity index is 2.93. The minimum Gasteiger partial charge on any atom is -0.390 e. The fourth-order valence-electron chi connectivity index (χ4n) is 1.37. The van der Waals surface area contributed by atoms with Crippen molar-refractivity contribution < 1.29 is 5.11 Å². The average Bonchev–Trinajstić information content (AvgIpc) is 2.56. The Bertz CT molecular complexity index is 368. The maximum Gasteiger partial charge on any atom is 0.227 e. The predicted octanol–water partition coefficient (Wildman–Crippen LogP) is 1.79. The molecule has 0 radical (unpaired) electrons. The van der Waals surface area contributed by atoms with Crippen molar-refractivity contribution in [1.29, 1.82) is 0 Å². The Morgan fingerprint density at radius 3 is 2.35 bits per heavy atom. The lowest BCUT2D eigenvalue weighted by atomic mass is 10.2. The van der Waals surface area contributed by atoms with Crippen LogP contribution in [0.5, 0.6) is 0 Å². The minimum atomic E-state index is -0.698. The molecule has 0 spiro atoms. The fourth-order valence-corrected chi connectivity index (χ4v) is 2.38. The first-order chi connectivity index (χ1) is 7.72. The van der Waals surface area contributed by atoms with E-state index in [1.54, 1.807) is 13.8 Å². The molecule has 0 aliphatic rings. The van der Waals surface area contributed by atoms with Gasteiger partial charge in [0.15, 0.2) is 5.16 Å². The Morgan fingerprint density at radius 2 is 1.94 bits per heavy atom. The summed E-state index contributed by atoms with van der Waals surface area (Å²) in [6.45, 7) is 7.79. The van der Waals surface area contributed by atoms with Gasteiger partial charge in [0.2, 0.25) is 5.95 Å². The Kier molecular flexibility index (Phi) is 4.43. The molecule has 0 bridgehead atoms. The number of thioether (sulfide) groups is 1. The number of hydrogen-bond acceptors (Lipinski definition) is 5. The second-order valence-electron chi connectivity index (χ2n) is 5.24. The van der Waals surface area contributed by atoms with Gasteiger partial charge in [0, 0.05) is 25.9 Å². The highest BCUT2D eigenvalue weighted by Gasteiger charge is 2.20. The van der Waals surface area contributed by atoms with Crippen molar-refractivity contribution in [2.45, 2.75) is 44.5 Å². The summed E-state index contributed by atoms with van der Waals surface area (Å²) in [6, 6.07) is 0.298. The molecule has 1 heterocycles. The van der Waals surface area contributed by atoms with Crippen LogP contribution in [0, 0.1) is 0 Å². The summed E-state index contributed by atoms with van der Waals surface area (Å²) in [7, 11) is 3.90. The highest BCUT2D eigenvalue weighted by atomic mass is 32.2. The standard InChI is InChI=1S/C11H22N4OS/c1-8(2)15-9(14(5)6)12-13-10(15)17-7-11(3,4)16/h8,16H,7H2,1-6H3. The normalized spacial score (nSPS) is 12.2. The SMILES string of the molecule is CC(C)n1c(SCC(C)(C)O)nnc1N(C)C. The maximum atomic E-state index is 9.74.